The lowest BCUT2D eigenvalue weighted by Gasteiger charge is -2.25. The van der Waals surface area contributed by atoms with Crippen molar-refractivity contribution in [3.63, 3.8) is 0 Å². The fourth-order valence-electron chi connectivity index (χ4n) is 2.78. The highest BCUT2D eigenvalue weighted by molar-refractivity contribution is 5.33. The second-order valence-electron chi connectivity index (χ2n) is 5.74. The maximum Gasteiger partial charge on any atom is 0.122 e. The van der Waals surface area contributed by atoms with Gasteiger partial charge in [-0.2, -0.15) is 0 Å². The SMILES string of the molecule is CCCC(C)C(CNCCOC)Cc1ccccc1OC. The molecule has 0 fully saturated rings. The third kappa shape index (κ3) is 6.49. The molecule has 0 saturated heterocycles. The molecule has 2 unspecified atom stereocenters. The van der Waals surface area contributed by atoms with Crippen LogP contribution in [-0.4, -0.2) is 33.9 Å². The van der Waals surface area contributed by atoms with Crippen molar-refractivity contribution in [2.75, 3.05) is 33.9 Å². The normalized spacial score (nSPS) is 13.9. The molecule has 120 valence electrons. The van der Waals surface area contributed by atoms with Crippen molar-refractivity contribution >= 4 is 0 Å². The fourth-order valence-corrected chi connectivity index (χ4v) is 2.78. The molecule has 0 aliphatic carbocycles. The Morgan fingerprint density at radius 2 is 1.95 bits per heavy atom. The van der Waals surface area contributed by atoms with Crippen molar-refractivity contribution < 1.29 is 9.47 Å². The van der Waals surface area contributed by atoms with Crippen molar-refractivity contribution in [3.05, 3.63) is 29.8 Å². The van der Waals surface area contributed by atoms with Gasteiger partial charge in [0.25, 0.3) is 0 Å². The molecule has 0 aliphatic rings. The molecule has 0 heterocycles. The van der Waals surface area contributed by atoms with E-state index in [0.29, 0.717) is 11.8 Å². The van der Waals surface area contributed by atoms with Gasteiger partial charge in [0.15, 0.2) is 0 Å². The minimum Gasteiger partial charge on any atom is -0.496 e. The van der Waals surface area contributed by atoms with Crippen LogP contribution in [0, 0.1) is 11.8 Å². The van der Waals surface area contributed by atoms with Gasteiger partial charge in [-0.05, 0) is 36.4 Å². The molecule has 0 aromatic heterocycles. The molecule has 1 N–H and O–H groups in total. The van der Waals surface area contributed by atoms with Crippen LogP contribution in [0.15, 0.2) is 24.3 Å². The van der Waals surface area contributed by atoms with Gasteiger partial charge in [-0.25, -0.2) is 0 Å². The van der Waals surface area contributed by atoms with Crippen LogP contribution in [0.25, 0.3) is 0 Å². The molecule has 0 spiro atoms. The largest absolute Gasteiger partial charge is 0.496 e. The minimum atomic E-state index is 0.623. The second-order valence-corrected chi connectivity index (χ2v) is 5.74. The summed E-state index contributed by atoms with van der Waals surface area (Å²) in [4.78, 5) is 0. The highest BCUT2D eigenvalue weighted by Gasteiger charge is 2.18. The Morgan fingerprint density at radius 3 is 2.62 bits per heavy atom. The van der Waals surface area contributed by atoms with E-state index in [9.17, 15) is 0 Å². The van der Waals surface area contributed by atoms with Gasteiger partial charge in [-0.15, -0.1) is 0 Å². The van der Waals surface area contributed by atoms with Gasteiger partial charge in [0.05, 0.1) is 13.7 Å². The van der Waals surface area contributed by atoms with Crippen molar-refractivity contribution in [3.8, 4) is 5.75 Å². The first-order valence-electron chi connectivity index (χ1n) is 8.04. The summed E-state index contributed by atoms with van der Waals surface area (Å²) in [5, 5.41) is 3.52. The van der Waals surface area contributed by atoms with E-state index in [0.717, 1.165) is 31.9 Å². The fraction of sp³-hybridized carbons (Fsp3) is 0.667. The van der Waals surface area contributed by atoms with Crippen LogP contribution >= 0.6 is 0 Å². The first kappa shape index (κ1) is 18.0. The Hall–Kier alpha value is -1.06. The predicted octanol–water partition coefficient (Wildman–Crippen LogP) is 3.53. The zero-order valence-electron chi connectivity index (χ0n) is 14.0. The average molecular weight is 293 g/mol. The zero-order valence-corrected chi connectivity index (χ0v) is 14.0. The molecule has 2 atom stereocenters. The van der Waals surface area contributed by atoms with Crippen molar-refractivity contribution in [1.29, 1.82) is 0 Å². The standard InChI is InChI=1S/C18H31NO2/c1-5-8-15(2)17(14-19-11-12-20-3)13-16-9-6-7-10-18(16)21-4/h6-7,9-10,15,17,19H,5,8,11-14H2,1-4H3. The predicted molar refractivity (Wildman–Crippen MR) is 89.0 cm³/mol. The number of hydrogen-bond acceptors (Lipinski definition) is 3. The summed E-state index contributed by atoms with van der Waals surface area (Å²) in [5.41, 5.74) is 1.31. The lowest BCUT2D eigenvalue weighted by Crippen LogP contribution is -2.31. The van der Waals surface area contributed by atoms with Crippen molar-refractivity contribution in [2.24, 2.45) is 11.8 Å². The first-order valence-corrected chi connectivity index (χ1v) is 8.04. The molecule has 0 radical (unpaired) electrons. The third-order valence-electron chi connectivity index (χ3n) is 4.11. The molecule has 0 amide bonds. The van der Waals surface area contributed by atoms with Crippen molar-refractivity contribution in [1.82, 2.24) is 5.32 Å². The molecule has 0 aliphatic heterocycles. The number of ether oxygens (including phenoxy) is 2. The summed E-state index contributed by atoms with van der Waals surface area (Å²) in [6, 6.07) is 8.36. The average Bonchev–Trinajstić information content (AvgIpc) is 2.51. The van der Waals surface area contributed by atoms with Crippen LogP contribution in [0.4, 0.5) is 0 Å². The van der Waals surface area contributed by atoms with Crippen molar-refractivity contribution in [2.45, 2.75) is 33.1 Å². The Morgan fingerprint density at radius 1 is 1.19 bits per heavy atom. The van der Waals surface area contributed by atoms with Gasteiger partial charge in [-0.1, -0.05) is 44.9 Å². The van der Waals surface area contributed by atoms with E-state index < -0.39 is 0 Å². The van der Waals surface area contributed by atoms with Gasteiger partial charge in [0, 0.05) is 13.7 Å². The molecule has 1 aromatic carbocycles. The molecule has 21 heavy (non-hydrogen) atoms. The monoisotopic (exact) mass is 293 g/mol. The minimum absolute atomic E-state index is 0.623. The van der Waals surface area contributed by atoms with Gasteiger partial charge < -0.3 is 14.8 Å². The lowest BCUT2D eigenvalue weighted by molar-refractivity contribution is 0.195. The third-order valence-corrected chi connectivity index (χ3v) is 4.11. The number of methoxy groups -OCH3 is 2. The molecule has 1 rings (SSSR count). The molecule has 3 heteroatoms. The Bertz CT molecular complexity index is 381. The van der Waals surface area contributed by atoms with Gasteiger partial charge >= 0.3 is 0 Å². The zero-order chi connectivity index (χ0) is 15.5. The summed E-state index contributed by atoms with van der Waals surface area (Å²) < 4.78 is 10.6. The van der Waals surface area contributed by atoms with Gasteiger partial charge in [0.1, 0.15) is 5.75 Å². The number of nitrogens with one attached hydrogen (secondary N) is 1. The van der Waals surface area contributed by atoms with Crippen LogP contribution < -0.4 is 10.1 Å². The van der Waals surface area contributed by atoms with E-state index >= 15 is 0 Å². The summed E-state index contributed by atoms with van der Waals surface area (Å²) >= 11 is 0. The number of rotatable bonds is 11. The van der Waals surface area contributed by atoms with E-state index in [-0.39, 0.29) is 0 Å². The van der Waals surface area contributed by atoms with E-state index in [4.69, 9.17) is 9.47 Å². The molecule has 0 saturated carbocycles. The highest BCUT2D eigenvalue weighted by Crippen LogP contribution is 2.26. The number of para-hydroxylation sites is 1. The molecule has 1 aromatic rings. The van der Waals surface area contributed by atoms with Gasteiger partial charge in [-0.3, -0.25) is 0 Å². The maximum atomic E-state index is 5.49. The molecule has 0 bridgehead atoms. The summed E-state index contributed by atoms with van der Waals surface area (Å²) in [6.07, 6.45) is 3.57. The highest BCUT2D eigenvalue weighted by atomic mass is 16.5. The summed E-state index contributed by atoms with van der Waals surface area (Å²) in [5.74, 6) is 2.33. The molecular formula is C18H31NO2. The van der Waals surface area contributed by atoms with E-state index in [1.165, 1.54) is 18.4 Å². The Balaban J connectivity index is 2.66. The number of hydrogen-bond donors (Lipinski definition) is 1. The maximum absolute atomic E-state index is 5.49. The quantitative estimate of drug-likeness (QED) is 0.633. The van der Waals surface area contributed by atoms with Crippen LogP contribution in [0.5, 0.6) is 5.75 Å². The Labute approximate surface area is 130 Å². The van der Waals surface area contributed by atoms with E-state index in [1.807, 2.05) is 6.07 Å². The number of benzene rings is 1. The van der Waals surface area contributed by atoms with Crippen LogP contribution in [0.2, 0.25) is 0 Å². The topological polar surface area (TPSA) is 30.5 Å². The smallest absolute Gasteiger partial charge is 0.122 e. The van der Waals surface area contributed by atoms with E-state index in [1.54, 1.807) is 14.2 Å². The van der Waals surface area contributed by atoms with E-state index in [2.05, 4.69) is 37.4 Å². The Kier molecular flexibility index (Phi) is 9.11. The van der Waals surface area contributed by atoms with Crippen LogP contribution in [0.3, 0.4) is 0 Å². The second kappa shape index (κ2) is 10.6. The van der Waals surface area contributed by atoms with Crippen LogP contribution in [-0.2, 0) is 11.2 Å². The molecular weight excluding hydrogens is 262 g/mol. The lowest BCUT2D eigenvalue weighted by atomic mass is 9.85. The summed E-state index contributed by atoms with van der Waals surface area (Å²) in [6.45, 7) is 7.33. The van der Waals surface area contributed by atoms with Crippen LogP contribution in [0.1, 0.15) is 32.3 Å². The molecule has 3 nitrogen and oxygen atoms in total. The first-order chi connectivity index (χ1) is 10.2. The summed E-state index contributed by atoms with van der Waals surface area (Å²) in [7, 11) is 3.49. The van der Waals surface area contributed by atoms with Gasteiger partial charge in [0.2, 0.25) is 0 Å².